The molecule has 1 rings (SSSR count). The topological polar surface area (TPSA) is 25.8 Å². The van der Waals surface area contributed by atoms with Gasteiger partial charge in [0.15, 0.2) is 0 Å². The fraction of sp³-hybridized carbons (Fsp3) is 0.200. The molecule has 1 heterocycles. The molecule has 2 radical (unpaired) electrons. The van der Waals surface area contributed by atoms with Gasteiger partial charge in [0, 0.05) is 5.69 Å². The maximum Gasteiger partial charge on any atom is 0.141 e. The molecule has 0 saturated heterocycles. The van der Waals surface area contributed by atoms with Gasteiger partial charge in [0.2, 0.25) is 0 Å². The zero-order valence-corrected chi connectivity index (χ0v) is 4.63. The second-order valence-corrected chi connectivity index (χ2v) is 1.58. The highest BCUT2D eigenvalue weighted by molar-refractivity contribution is 6.30. The molecule has 0 unspecified atom stereocenters. The molecule has 0 fully saturated rings. The van der Waals surface area contributed by atoms with E-state index >= 15 is 0 Å². The Bertz CT molecular complexity index is 170. The van der Waals surface area contributed by atoms with Gasteiger partial charge in [-0.2, -0.15) is 0 Å². The van der Waals surface area contributed by atoms with Gasteiger partial charge in [0.1, 0.15) is 14.2 Å². The van der Waals surface area contributed by atoms with Crippen LogP contribution in [0.5, 0.6) is 0 Å². The van der Waals surface area contributed by atoms with Crippen molar-refractivity contribution in [2.24, 2.45) is 0 Å². The summed E-state index contributed by atoms with van der Waals surface area (Å²) < 4.78 is 0. The van der Waals surface area contributed by atoms with E-state index in [1.165, 1.54) is 6.33 Å². The molecule has 0 bridgehead atoms. The normalized spacial score (nSPS) is 9.12. The Hall–Kier alpha value is -0.855. The van der Waals surface area contributed by atoms with Gasteiger partial charge in [-0.3, -0.25) is 4.98 Å². The first-order valence-electron chi connectivity index (χ1n) is 2.33. The summed E-state index contributed by atoms with van der Waals surface area (Å²) in [7, 11) is 5.31. The Balaban J connectivity index is 3.08. The molecule has 0 aliphatic rings. The van der Waals surface area contributed by atoms with Crippen LogP contribution in [0.25, 0.3) is 0 Å². The van der Waals surface area contributed by atoms with Crippen LogP contribution in [0.4, 0.5) is 0 Å². The number of hydrogen-bond acceptors (Lipinski definition) is 2. The van der Waals surface area contributed by atoms with Crippen LogP contribution in [0.2, 0.25) is 0 Å². The van der Waals surface area contributed by atoms with Gasteiger partial charge in [0.25, 0.3) is 0 Å². The lowest BCUT2D eigenvalue weighted by Crippen LogP contribution is -2.07. The first kappa shape index (κ1) is 5.28. The zero-order valence-electron chi connectivity index (χ0n) is 4.63. The standard InChI is InChI=1S/C5H5BN2/c1-4-2-5(6)8-3-7-4/h2-3H,1H3. The fourth-order valence-corrected chi connectivity index (χ4v) is 0.475. The van der Waals surface area contributed by atoms with Crippen LogP contribution in [0.3, 0.4) is 0 Å². The Morgan fingerprint density at radius 1 is 1.50 bits per heavy atom. The van der Waals surface area contributed by atoms with E-state index in [0.29, 0.717) is 5.59 Å². The average molecular weight is 104 g/mol. The third-order valence-corrected chi connectivity index (χ3v) is 0.825. The minimum absolute atomic E-state index is 0.525. The Morgan fingerprint density at radius 2 is 2.25 bits per heavy atom. The third-order valence-electron chi connectivity index (χ3n) is 0.825. The van der Waals surface area contributed by atoms with Crippen molar-refractivity contribution < 1.29 is 0 Å². The minimum atomic E-state index is 0.525. The molecular weight excluding hydrogens is 98.9 g/mol. The molecule has 8 heavy (non-hydrogen) atoms. The highest BCUT2D eigenvalue weighted by atomic mass is 14.8. The van der Waals surface area contributed by atoms with E-state index in [1.807, 2.05) is 6.92 Å². The molecule has 0 N–H and O–H groups in total. The largest absolute Gasteiger partial charge is 0.253 e. The summed E-state index contributed by atoms with van der Waals surface area (Å²) in [5.74, 6) is 0. The first-order valence-corrected chi connectivity index (χ1v) is 2.33. The maximum atomic E-state index is 5.31. The highest BCUT2D eigenvalue weighted by Gasteiger charge is 1.83. The molecule has 0 saturated carbocycles. The van der Waals surface area contributed by atoms with Crippen molar-refractivity contribution in [1.82, 2.24) is 9.97 Å². The molecular formula is C5H5BN2. The minimum Gasteiger partial charge on any atom is -0.253 e. The van der Waals surface area contributed by atoms with Crippen LogP contribution in [0.1, 0.15) is 5.69 Å². The number of nitrogens with zero attached hydrogens (tertiary/aromatic N) is 2. The van der Waals surface area contributed by atoms with Gasteiger partial charge in [0.05, 0.1) is 0 Å². The van der Waals surface area contributed by atoms with E-state index in [9.17, 15) is 0 Å². The first-order chi connectivity index (χ1) is 3.79. The van der Waals surface area contributed by atoms with E-state index < -0.39 is 0 Å². The molecule has 0 spiro atoms. The van der Waals surface area contributed by atoms with Crippen molar-refractivity contribution in [1.29, 1.82) is 0 Å². The van der Waals surface area contributed by atoms with Crippen molar-refractivity contribution in [2.75, 3.05) is 0 Å². The molecule has 38 valence electrons. The lowest BCUT2D eigenvalue weighted by Gasteiger charge is -1.89. The molecule has 0 aliphatic heterocycles. The van der Waals surface area contributed by atoms with Crippen LogP contribution in [-0.4, -0.2) is 17.8 Å². The van der Waals surface area contributed by atoms with Crippen molar-refractivity contribution in [3.8, 4) is 0 Å². The second kappa shape index (κ2) is 1.94. The average Bonchev–Trinajstić information content (AvgIpc) is 1.64. The highest BCUT2D eigenvalue weighted by Crippen LogP contribution is 1.79. The summed E-state index contributed by atoms with van der Waals surface area (Å²) in [6.45, 7) is 1.87. The molecule has 1 aromatic heterocycles. The SMILES string of the molecule is [B]c1cc(C)ncn1. The molecule has 0 amide bonds. The van der Waals surface area contributed by atoms with Crippen molar-refractivity contribution in [2.45, 2.75) is 6.92 Å². The predicted octanol–water partition coefficient (Wildman–Crippen LogP) is -0.421. The summed E-state index contributed by atoms with van der Waals surface area (Å²) in [5, 5.41) is 0. The van der Waals surface area contributed by atoms with Crippen LogP contribution in [-0.2, 0) is 0 Å². The van der Waals surface area contributed by atoms with Gasteiger partial charge in [-0.25, -0.2) is 4.98 Å². The van der Waals surface area contributed by atoms with E-state index in [2.05, 4.69) is 9.97 Å². The maximum absolute atomic E-state index is 5.31. The molecule has 0 aromatic carbocycles. The number of aryl methyl sites for hydroxylation is 1. The van der Waals surface area contributed by atoms with E-state index in [1.54, 1.807) is 6.07 Å². The second-order valence-electron chi connectivity index (χ2n) is 1.58. The third kappa shape index (κ3) is 1.06. The summed E-state index contributed by atoms with van der Waals surface area (Å²) in [6, 6.07) is 1.72. The molecule has 0 aliphatic carbocycles. The van der Waals surface area contributed by atoms with Gasteiger partial charge in [-0.05, 0) is 18.6 Å². The molecule has 1 aromatic rings. The summed E-state index contributed by atoms with van der Waals surface area (Å²) >= 11 is 0. The smallest absolute Gasteiger partial charge is 0.141 e. The quantitative estimate of drug-likeness (QED) is 0.417. The monoisotopic (exact) mass is 104 g/mol. The molecule has 3 heteroatoms. The van der Waals surface area contributed by atoms with Gasteiger partial charge >= 0.3 is 0 Å². The van der Waals surface area contributed by atoms with Gasteiger partial charge in [-0.1, -0.05) is 0 Å². The fourth-order valence-electron chi connectivity index (χ4n) is 0.475. The summed E-state index contributed by atoms with van der Waals surface area (Å²) in [6.07, 6.45) is 1.45. The Labute approximate surface area is 49.4 Å². The van der Waals surface area contributed by atoms with Gasteiger partial charge in [-0.15, -0.1) is 0 Å². The van der Waals surface area contributed by atoms with Crippen molar-refractivity contribution in [3.63, 3.8) is 0 Å². The molecule has 2 nitrogen and oxygen atoms in total. The summed E-state index contributed by atoms with van der Waals surface area (Å²) in [5.41, 5.74) is 1.43. The zero-order chi connectivity index (χ0) is 5.98. The van der Waals surface area contributed by atoms with E-state index in [4.69, 9.17) is 7.85 Å². The summed E-state index contributed by atoms with van der Waals surface area (Å²) in [4.78, 5) is 7.56. The number of aromatic nitrogens is 2. The predicted molar refractivity (Wildman–Crippen MR) is 32.2 cm³/mol. The van der Waals surface area contributed by atoms with E-state index in [-0.39, 0.29) is 0 Å². The lowest BCUT2D eigenvalue weighted by molar-refractivity contribution is 1.12. The molecule has 0 atom stereocenters. The van der Waals surface area contributed by atoms with Crippen LogP contribution >= 0.6 is 0 Å². The Kier molecular flexibility index (Phi) is 1.28. The Morgan fingerprint density at radius 3 is 2.62 bits per heavy atom. The van der Waals surface area contributed by atoms with E-state index in [0.717, 1.165) is 5.69 Å². The van der Waals surface area contributed by atoms with Crippen molar-refractivity contribution in [3.05, 3.63) is 18.1 Å². The number of hydrogen-bond donors (Lipinski definition) is 0. The van der Waals surface area contributed by atoms with Gasteiger partial charge < -0.3 is 0 Å². The van der Waals surface area contributed by atoms with Crippen LogP contribution in [0.15, 0.2) is 12.4 Å². The van der Waals surface area contributed by atoms with Crippen LogP contribution < -0.4 is 5.59 Å². The number of rotatable bonds is 0. The van der Waals surface area contributed by atoms with Crippen LogP contribution in [0, 0.1) is 6.92 Å². The van der Waals surface area contributed by atoms with Crippen molar-refractivity contribution >= 4 is 13.4 Å². The lowest BCUT2D eigenvalue weighted by atomic mass is 10.0.